The first-order valence-electron chi connectivity index (χ1n) is 9.17. The van der Waals surface area contributed by atoms with Gasteiger partial charge in [0, 0.05) is 29.2 Å². The van der Waals surface area contributed by atoms with Crippen molar-refractivity contribution >= 4 is 10.9 Å². The van der Waals surface area contributed by atoms with Gasteiger partial charge >= 0.3 is 6.18 Å². The highest BCUT2D eigenvalue weighted by molar-refractivity contribution is 5.98. The Labute approximate surface area is 152 Å². The lowest BCUT2D eigenvalue weighted by Gasteiger charge is -2.11. The van der Waals surface area contributed by atoms with Crippen LogP contribution in [0.15, 0.2) is 48.5 Å². The Hall–Kier alpha value is -2.23. The molecule has 0 amide bonds. The van der Waals surface area contributed by atoms with E-state index in [4.69, 9.17) is 0 Å². The Balaban J connectivity index is 2.12. The minimum atomic E-state index is -4.33. The van der Waals surface area contributed by atoms with Crippen LogP contribution in [0, 0.1) is 0 Å². The minimum absolute atomic E-state index is 0.597. The maximum atomic E-state index is 13.2. The van der Waals surface area contributed by atoms with E-state index in [1.807, 2.05) is 31.3 Å². The Morgan fingerprint density at radius 3 is 2.42 bits per heavy atom. The third-order valence-corrected chi connectivity index (χ3v) is 4.97. The van der Waals surface area contributed by atoms with E-state index in [2.05, 4.69) is 11.5 Å². The van der Waals surface area contributed by atoms with Gasteiger partial charge in [-0.15, -0.1) is 0 Å². The van der Waals surface area contributed by atoms with E-state index in [1.165, 1.54) is 18.6 Å². The smallest absolute Gasteiger partial charge is 0.347 e. The number of rotatable bonds is 6. The second kappa shape index (κ2) is 7.56. The van der Waals surface area contributed by atoms with Crippen LogP contribution in [-0.4, -0.2) is 4.57 Å². The number of fused-ring (bicyclic) bond motifs is 1. The minimum Gasteiger partial charge on any atom is -0.347 e. The van der Waals surface area contributed by atoms with E-state index < -0.39 is 11.7 Å². The molecule has 138 valence electrons. The third kappa shape index (κ3) is 3.64. The zero-order valence-corrected chi connectivity index (χ0v) is 15.2. The molecule has 2 aromatic carbocycles. The summed E-state index contributed by atoms with van der Waals surface area (Å²) in [4.78, 5) is 0. The molecule has 26 heavy (non-hydrogen) atoms. The number of nitrogens with zero attached hydrogens (tertiary/aromatic N) is 1. The standard InChI is InChI=1S/C22H24F3N/c1-3-4-5-6-14-20-21(18-12-7-8-13-19(18)26(20)2)16-10-9-11-17(15-16)22(23,24)25/h7-13,15H,3-6,14H2,1-2H3. The Morgan fingerprint density at radius 2 is 1.69 bits per heavy atom. The van der Waals surface area contributed by atoms with Gasteiger partial charge in [0.15, 0.2) is 0 Å². The van der Waals surface area contributed by atoms with Crippen LogP contribution in [0.3, 0.4) is 0 Å². The zero-order chi connectivity index (χ0) is 18.7. The molecule has 3 rings (SSSR count). The predicted octanol–water partition coefficient (Wildman–Crippen LogP) is 6.99. The molecule has 4 heteroatoms. The number of hydrogen-bond acceptors (Lipinski definition) is 0. The molecule has 0 spiro atoms. The Kier molecular flexibility index (Phi) is 5.40. The summed E-state index contributed by atoms with van der Waals surface area (Å²) in [5, 5.41) is 1.01. The van der Waals surface area contributed by atoms with Crippen molar-refractivity contribution in [1.29, 1.82) is 0 Å². The van der Waals surface area contributed by atoms with E-state index in [9.17, 15) is 13.2 Å². The van der Waals surface area contributed by atoms with Gasteiger partial charge in [0.2, 0.25) is 0 Å². The number of unbranched alkanes of at least 4 members (excludes halogenated alkanes) is 3. The molecule has 0 fully saturated rings. The summed E-state index contributed by atoms with van der Waals surface area (Å²) in [6, 6.07) is 13.6. The fourth-order valence-electron chi connectivity index (χ4n) is 3.63. The van der Waals surface area contributed by atoms with Crippen molar-refractivity contribution in [2.75, 3.05) is 0 Å². The van der Waals surface area contributed by atoms with Crippen molar-refractivity contribution in [1.82, 2.24) is 4.57 Å². The molecular formula is C22H24F3N. The van der Waals surface area contributed by atoms with Crippen LogP contribution in [-0.2, 0) is 19.6 Å². The summed E-state index contributed by atoms with van der Waals surface area (Å²) in [5.74, 6) is 0. The maximum Gasteiger partial charge on any atom is 0.416 e. The lowest BCUT2D eigenvalue weighted by Crippen LogP contribution is -2.05. The van der Waals surface area contributed by atoms with Crippen molar-refractivity contribution in [2.45, 2.75) is 45.2 Å². The molecule has 0 aliphatic carbocycles. The fourth-order valence-corrected chi connectivity index (χ4v) is 3.63. The van der Waals surface area contributed by atoms with E-state index in [0.29, 0.717) is 5.56 Å². The van der Waals surface area contributed by atoms with Crippen molar-refractivity contribution < 1.29 is 13.2 Å². The van der Waals surface area contributed by atoms with E-state index in [1.54, 1.807) is 6.07 Å². The first kappa shape index (κ1) is 18.6. The summed E-state index contributed by atoms with van der Waals surface area (Å²) in [6.45, 7) is 2.17. The monoisotopic (exact) mass is 359 g/mol. The van der Waals surface area contributed by atoms with Crippen LogP contribution in [0.2, 0.25) is 0 Å². The van der Waals surface area contributed by atoms with Gasteiger partial charge in [-0.2, -0.15) is 13.2 Å². The molecule has 0 aliphatic rings. The van der Waals surface area contributed by atoms with Crippen molar-refractivity contribution in [3.05, 3.63) is 59.8 Å². The van der Waals surface area contributed by atoms with Crippen molar-refractivity contribution in [3.63, 3.8) is 0 Å². The number of hydrogen-bond donors (Lipinski definition) is 0. The molecule has 3 aromatic rings. The van der Waals surface area contributed by atoms with Crippen LogP contribution >= 0.6 is 0 Å². The second-order valence-corrected chi connectivity index (χ2v) is 6.79. The van der Waals surface area contributed by atoms with Gasteiger partial charge in [-0.25, -0.2) is 0 Å². The van der Waals surface area contributed by atoms with Gasteiger partial charge < -0.3 is 4.57 Å². The molecule has 0 N–H and O–H groups in total. The number of para-hydroxylation sites is 1. The summed E-state index contributed by atoms with van der Waals surface area (Å²) in [7, 11) is 2.01. The second-order valence-electron chi connectivity index (χ2n) is 6.79. The summed E-state index contributed by atoms with van der Waals surface area (Å²) >= 11 is 0. The molecule has 0 bridgehead atoms. The van der Waals surface area contributed by atoms with Gasteiger partial charge in [-0.3, -0.25) is 0 Å². The third-order valence-electron chi connectivity index (χ3n) is 4.97. The van der Waals surface area contributed by atoms with Gasteiger partial charge in [0.1, 0.15) is 0 Å². The first-order valence-corrected chi connectivity index (χ1v) is 9.17. The van der Waals surface area contributed by atoms with Crippen molar-refractivity contribution in [2.24, 2.45) is 7.05 Å². The first-order chi connectivity index (χ1) is 12.4. The quantitative estimate of drug-likeness (QED) is 0.418. The summed E-state index contributed by atoms with van der Waals surface area (Å²) in [6.07, 6.45) is 1.07. The van der Waals surface area contributed by atoms with Crippen LogP contribution in [0.4, 0.5) is 13.2 Å². The summed E-state index contributed by atoms with van der Waals surface area (Å²) in [5.41, 5.74) is 3.15. The fraction of sp³-hybridized carbons (Fsp3) is 0.364. The highest BCUT2D eigenvalue weighted by atomic mass is 19.4. The number of aromatic nitrogens is 1. The molecule has 1 heterocycles. The molecule has 0 radical (unpaired) electrons. The molecular weight excluding hydrogens is 335 g/mol. The molecule has 1 aromatic heterocycles. The van der Waals surface area contributed by atoms with Crippen molar-refractivity contribution in [3.8, 4) is 11.1 Å². The van der Waals surface area contributed by atoms with Gasteiger partial charge in [-0.05, 0) is 36.6 Å². The van der Waals surface area contributed by atoms with E-state index in [-0.39, 0.29) is 0 Å². The van der Waals surface area contributed by atoms with Gasteiger partial charge in [0.25, 0.3) is 0 Å². The van der Waals surface area contributed by atoms with Gasteiger partial charge in [-0.1, -0.05) is 56.5 Å². The lowest BCUT2D eigenvalue weighted by atomic mass is 9.97. The number of alkyl halides is 3. The Morgan fingerprint density at radius 1 is 0.923 bits per heavy atom. The molecule has 1 nitrogen and oxygen atoms in total. The van der Waals surface area contributed by atoms with E-state index >= 15 is 0 Å². The largest absolute Gasteiger partial charge is 0.416 e. The maximum absolute atomic E-state index is 13.2. The Bertz CT molecular complexity index is 890. The average molecular weight is 359 g/mol. The lowest BCUT2D eigenvalue weighted by molar-refractivity contribution is -0.137. The SMILES string of the molecule is CCCCCCc1c(-c2cccc(C(F)(F)F)c2)c2ccccc2n1C. The molecule has 0 atom stereocenters. The number of benzene rings is 2. The van der Waals surface area contributed by atoms with Crippen LogP contribution < -0.4 is 0 Å². The van der Waals surface area contributed by atoms with E-state index in [0.717, 1.165) is 53.9 Å². The number of halogens is 3. The molecule has 0 saturated heterocycles. The average Bonchev–Trinajstić information content (AvgIpc) is 2.91. The molecule has 0 unspecified atom stereocenters. The van der Waals surface area contributed by atoms with Gasteiger partial charge in [0.05, 0.1) is 5.56 Å². The highest BCUT2D eigenvalue weighted by Gasteiger charge is 2.31. The normalized spacial score (nSPS) is 12.0. The highest BCUT2D eigenvalue weighted by Crippen LogP contribution is 2.38. The van der Waals surface area contributed by atoms with Crippen LogP contribution in [0.1, 0.15) is 43.9 Å². The topological polar surface area (TPSA) is 4.93 Å². The molecule has 0 aliphatic heterocycles. The zero-order valence-electron chi connectivity index (χ0n) is 15.2. The van der Waals surface area contributed by atoms with Crippen LogP contribution in [0.25, 0.3) is 22.0 Å². The predicted molar refractivity (Wildman–Crippen MR) is 101 cm³/mol. The molecule has 0 saturated carbocycles. The van der Waals surface area contributed by atoms with Crippen LogP contribution in [0.5, 0.6) is 0 Å². The number of aryl methyl sites for hydroxylation is 1. The summed E-state index contributed by atoms with van der Waals surface area (Å²) < 4.78 is 41.7.